The van der Waals surface area contributed by atoms with E-state index in [1.807, 2.05) is 5.32 Å². The van der Waals surface area contributed by atoms with Crippen LogP contribution in [0.25, 0.3) is 0 Å². The molecule has 0 spiro atoms. The molecule has 0 saturated heterocycles. The van der Waals surface area contributed by atoms with Crippen molar-refractivity contribution in [1.82, 2.24) is 5.32 Å². The molecule has 10 heteroatoms. The molecule has 0 atom stereocenters. The Morgan fingerprint density at radius 3 is 2.68 bits per heavy atom. The highest BCUT2D eigenvalue weighted by Crippen LogP contribution is 2.37. The summed E-state index contributed by atoms with van der Waals surface area (Å²) in [7, 11) is 0. The molecule has 6 nitrogen and oxygen atoms in total. The van der Waals surface area contributed by atoms with Gasteiger partial charge in [-0.2, -0.15) is 13.2 Å². The average molecular weight is 334 g/mol. The minimum absolute atomic E-state index is 0.0909. The average Bonchev–Trinajstić information content (AvgIpc) is 2.90. The highest BCUT2D eigenvalue weighted by Gasteiger charge is 2.29. The Balaban J connectivity index is 1.94. The normalized spacial score (nSPS) is 13.7. The maximum absolute atomic E-state index is 12.3. The van der Waals surface area contributed by atoms with Crippen LogP contribution < -0.4 is 10.6 Å². The molecule has 1 aliphatic rings. The van der Waals surface area contributed by atoms with Gasteiger partial charge in [0.25, 0.3) is 5.91 Å². The number of rotatable bonds is 3. The second-order valence-corrected chi connectivity index (χ2v) is 5.03. The van der Waals surface area contributed by atoms with Crippen LogP contribution in [0.15, 0.2) is 41.2 Å². The molecule has 2 rings (SSSR count). The molecule has 0 bridgehead atoms. The van der Waals surface area contributed by atoms with Crippen molar-refractivity contribution in [2.75, 3.05) is 12.1 Å². The van der Waals surface area contributed by atoms with E-state index in [2.05, 4.69) is 10.1 Å². The summed E-state index contributed by atoms with van der Waals surface area (Å²) < 4.78 is 46.2. The Morgan fingerprint density at radius 2 is 2.05 bits per heavy atom. The van der Waals surface area contributed by atoms with Crippen LogP contribution in [-0.2, 0) is 14.3 Å². The van der Waals surface area contributed by atoms with Crippen molar-refractivity contribution >= 4 is 29.4 Å². The molecule has 0 unspecified atom stereocenters. The molecule has 118 valence electrons. The fraction of sp³-hybridized carbons (Fsp3) is 0.167. The smallest absolute Gasteiger partial charge is 0.446 e. The number of imide groups is 1. The van der Waals surface area contributed by atoms with Crippen molar-refractivity contribution in [3.63, 3.8) is 0 Å². The second-order valence-electron chi connectivity index (χ2n) is 3.89. The summed E-state index contributed by atoms with van der Waals surface area (Å²) in [5.41, 5.74) is -4.32. The Labute approximate surface area is 126 Å². The van der Waals surface area contributed by atoms with E-state index in [1.54, 1.807) is 0 Å². The first-order chi connectivity index (χ1) is 10.3. The first kappa shape index (κ1) is 16.0. The number of hydrogen-bond acceptors (Lipinski definition) is 5. The van der Waals surface area contributed by atoms with Crippen molar-refractivity contribution in [3.8, 4) is 0 Å². The van der Waals surface area contributed by atoms with Gasteiger partial charge in [0.1, 0.15) is 6.26 Å². The lowest BCUT2D eigenvalue weighted by atomic mass is 10.3. The van der Waals surface area contributed by atoms with E-state index < -0.39 is 17.4 Å². The number of carbonyl (C=O) groups is 2. The summed E-state index contributed by atoms with van der Waals surface area (Å²) in [6.07, 6.45) is 1.04. The molecule has 0 aromatic heterocycles. The lowest BCUT2D eigenvalue weighted by molar-refractivity contribution is -0.119. The fourth-order valence-electron chi connectivity index (χ4n) is 1.46. The highest BCUT2D eigenvalue weighted by molar-refractivity contribution is 8.00. The van der Waals surface area contributed by atoms with E-state index in [9.17, 15) is 22.8 Å². The van der Waals surface area contributed by atoms with Gasteiger partial charge < -0.3 is 14.8 Å². The molecule has 1 heterocycles. The Hall–Kier alpha value is -2.36. The summed E-state index contributed by atoms with van der Waals surface area (Å²) in [5.74, 6) is -0.993. The molecule has 0 radical (unpaired) electrons. The monoisotopic (exact) mass is 334 g/mol. The van der Waals surface area contributed by atoms with Gasteiger partial charge in [-0.15, -0.1) is 0 Å². The van der Waals surface area contributed by atoms with Crippen LogP contribution in [0.2, 0.25) is 0 Å². The molecule has 1 aromatic rings. The molecular weight excluding hydrogens is 325 g/mol. The van der Waals surface area contributed by atoms with E-state index in [0.717, 1.165) is 12.3 Å². The molecule has 1 aromatic carbocycles. The number of carbonyl (C=O) groups excluding carboxylic acids is 2. The number of ether oxygens (including phenoxy) is 2. The molecule has 0 fully saturated rings. The zero-order valence-electron chi connectivity index (χ0n) is 10.8. The number of benzene rings is 1. The lowest BCUT2D eigenvalue weighted by Crippen LogP contribution is -2.35. The van der Waals surface area contributed by atoms with Gasteiger partial charge in [-0.05, 0) is 30.0 Å². The zero-order valence-corrected chi connectivity index (χ0v) is 11.6. The zero-order chi connectivity index (χ0) is 16.2. The summed E-state index contributed by atoms with van der Waals surface area (Å²) in [5, 5.41) is 4.19. The molecule has 0 aliphatic carbocycles. The Kier molecular flexibility index (Phi) is 4.81. The van der Waals surface area contributed by atoms with Gasteiger partial charge in [0.05, 0.1) is 0 Å². The minimum Gasteiger partial charge on any atom is -0.461 e. The summed E-state index contributed by atoms with van der Waals surface area (Å²) in [4.78, 5) is 23.0. The van der Waals surface area contributed by atoms with Crippen LogP contribution >= 0.6 is 11.8 Å². The van der Waals surface area contributed by atoms with Crippen LogP contribution in [0, 0.1) is 0 Å². The molecule has 0 saturated carbocycles. The van der Waals surface area contributed by atoms with Gasteiger partial charge in [-0.25, -0.2) is 4.79 Å². The quantitative estimate of drug-likeness (QED) is 0.831. The van der Waals surface area contributed by atoms with Crippen LogP contribution in [0.3, 0.4) is 0 Å². The summed E-state index contributed by atoms with van der Waals surface area (Å²) in [6.45, 7) is -0.124. The number of urea groups is 1. The van der Waals surface area contributed by atoms with Crippen molar-refractivity contribution in [3.05, 3.63) is 36.3 Å². The third-order valence-corrected chi connectivity index (χ3v) is 2.97. The summed E-state index contributed by atoms with van der Waals surface area (Å²) in [6, 6.07) is 4.22. The van der Waals surface area contributed by atoms with E-state index in [1.165, 1.54) is 18.2 Å². The highest BCUT2D eigenvalue weighted by atomic mass is 32.2. The van der Waals surface area contributed by atoms with Crippen molar-refractivity contribution < 1.29 is 32.2 Å². The van der Waals surface area contributed by atoms with Gasteiger partial charge in [0, 0.05) is 10.6 Å². The number of thioether (sulfide) groups is 1. The topological polar surface area (TPSA) is 76.7 Å². The third kappa shape index (κ3) is 4.88. The van der Waals surface area contributed by atoms with Crippen LogP contribution in [0.5, 0.6) is 0 Å². The molecule has 3 amide bonds. The predicted molar refractivity (Wildman–Crippen MR) is 70.6 cm³/mol. The van der Waals surface area contributed by atoms with Gasteiger partial charge in [-0.3, -0.25) is 10.1 Å². The largest absolute Gasteiger partial charge is 0.461 e. The number of amides is 3. The third-order valence-electron chi connectivity index (χ3n) is 2.25. The fourth-order valence-corrected chi connectivity index (χ4v) is 2.06. The van der Waals surface area contributed by atoms with Crippen LogP contribution in [0.4, 0.5) is 23.7 Å². The number of alkyl halides is 3. The van der Waals surface area contributed by atoms with E-state index in [-0.39, 0.29) is 34.9 Å². The Bertz CT molecular complexity index is 619. The number of halogens is 3. The maximum atomic E-state index is 12.3. The van der Waals surface area contributed by atoms with Gasteiger partial charge in [0.15, 0.2) is 0 Å². The molecule has 22 heavy (non-hydrogen) atoms. The van der Waals surface area contributed by atoms with Crippen LogP contribution in [0.1, 0.15) is 0 Å². The maximum Gasteiger partial charge on any atom is 0.446 e. The molecule has 2 N–H and O–H groups in total. The van der Waals surface area contributed by atoms with E-state index in [4.69, 9.17) is 4.74 Å². The van der Waals surface area contributed by atoms with Crippen LogP contribution in [-0.4, -0.2) is 24.2 Å². The lowest BCUT2D eigenvalue weighted by Gasteiger charge is -2.09. The van der Waals surface area contributed by atoms with Gasteiger partial charge in [-0.1, -0.05) is 6.07 Å². The van der Waals surface area contributed by atoms with Crippen molar-refractivity contribution in [2.45, 2.75) is 10.4 Å². The standard InChI is InChI=1S/C12H9F3N2O4S/c13-12(14,15)22-8-3-1-2-7(4-8)16-11(19)17-10(18)9-5-20-6-21-9/h1-5H,6H2,(H2,16,17,18,19). The predicted octanol–water partition coefficient (Wildman–Crippen LogP) is 2.79. The van der Waals surface area contributed by atoms with Crippen molar-refractivity contribution in [2.24, 2.45) is 0 Å². The second kappa shape index (κ2) is 6.60. The Morgan fingerprint density at radius 1 is 1.27 bits per heavy atom. The molecule has 1 aliphatic heterocycles. The first-order valence-corrected chi connectivity index (χ1v) is 6.58. The molecular formula is C12H9F3N2O4S. The SMILES string of the molecule is O=C(NC(=O)C1=COCO1)Nc1cccc(SC(F)(F)F)c1. The van der Waals surface area contributed by atoms with E-state index >= 15 is 0 Å². The number of hydrogen-bond donors (Lipinski definition) is 2. The van der Waals surface area contributed by atoms with E-state index in [0.29, 0.717) is 0 Å². The first-order valence-electron chi connectivity index (χ1n) is 5.76. The summed E-state index contributed by atoms with van der Waals surface area (Å²) >= 11 is -0.308. The minimum atomic E-state index is -4.43. The van der Waals surface area contributed by atoms with Crippen molar-refractivity contribution in [1.29, 1.82) is 0 Å². The van der Waals surface area contributed by atoms with Gasteiger partial charge in [0.2, 0.25) is 12.6 Å². The van der Waals surface area contributed by atoms with Gasteiger partial charge >= 0.3 is 11.5 Å². The number of nitrogens with one attached hydrogen (secondary N) is 2. The number of anilines is 1.